The Balaban J connectivity index is 1.45. The number of carbonyl (C=O) groups is 1. The van der Waals surface area contributed by atoms with Crippen molar-refractivity contribution in [3.63, 3.8) is 0 Å². The molecule has 0 saturated carbocycles. The maximum absolute atomic E-state index is 12.1. The van der Waals surface area contributed by atoms with Gasteiger partial charge < -0.3 is 10.1 Å². The Morgan fingerprint density at radius 2 is 1.90 bits per heavy atom. The smallest absolute Gasteiger partial charge is 0.248 e. The number of nitrogens with zero attached hydrogens (tertiary/aromatic N) is 1. The standard InChI is InChI=1S/C17H22N2O2/c1-13(10-19-11-15-7-8-16(12-19)21-15)17(20)18-9-14-5-3-2-4-6-14/h2-6,15-16H,1,7-12H2,(H,18,20). The van der Waals surface area contributed by atoms with Crippen LogP contribution in [0, 0.1) is 0 Å². The molecule has 2 unspecified atom stereocenters. The lowest BCUT2D eigenvalue weighted by Gasteiger charge is -2.32. The van der Waals surface area contributed by atoms with E-state index in [1.54, 1.807) is 0 Å². The molecule has 3 rings (SSSR count). The largest absolute Gasteiger partial charge is 0.372 e. The van der Waals surface area contributed by atoms with E-state index in [4.69, 9.17) is 4.74 Å². The summed E-state index contributed by atoms with van der Waals surface area (Å²) in [4.78, 5) is 14.4. The molecule has 2 fully saturated rings. The zero-order chi connectivity index (χ0) is 14.7. The molecular formula is C17H22N2O2. The molecular weight excluding hydrogens is 264 g/mol. The summed E-state index contributed by atoms with van der Waals surface area (Å²) in [7, 11) is 0. The van der Waals surface area contributed by atoms with E-state index in [9.17, 15) is 4.79 Å². The van der Waals surface area contributed by atoms with Gasteiger partial charge in [-0.15, -0.1) is 0 Å². The fourth-order valence-electron chi connectivity index (χ4n) is 3.07. The maximum Gasteiger partial charge on any atom is 0.248 e. The van der Waals surface area contributed by atoms with Crippen LogP contribution in [0.25, 0.3) is 0 Å². The Morgan fingerprint density at radius 1 is 1.24 bits per heavy atom. The second kappa shape index (κ2) is 6.41. The van der Waals surface area contributed by atoms with Crippen LogP contribution in [0.15, 0.2) is 42.5 Å². The van der Waals surface area contributed by atoms with E-state index < -0.39 is 0 Å². The predicted molar refractivity (Wildman–Crippen MR) is 81.8 cm³/mol. The number of carbonyl (C=O) groups excluding carboxylic acids is 1. The number of rotatable bonds is 5. The average molecular weight is 286 g/mol. The lowest BCUT2D eigenvalue weighted by atomic mass is 10.2. The summed E-state index contributed by atoms with van der Waals surface area (Å²) in [6.45, 7) is 6.96. The van der Waals surface area contributed by atoms with Crippen molar-refractivity contribution in [2.45, 2.75) is 31.6 Å². The van der Waals surface area contributed by atoms with Gasteiger partial charge in [0.15, 0.2) is 0 Å². The number of ether oxygens (including phenoxy) is 1. The zero-order valence-corrected chi connectivity index (χ0v) is 12.3. The van der Waals surface area contributed by atoms with Crippen molar-refractivity contribution in [2.24, 2.45) is 0 Å². The van der Waals surface area contributed by atoms with Gasteiger partial charge in [0, 0.05) is 31.8 Å². The summed E-state index contributed by atoms with van der Waals surface area (Å²) < 4.78 is 5.80. The fourth-order valence-corrected chi connectivity index (χ4v) is 3.07. The first-order valence-corrected chi connectivity index (χ1v) is 7.58. The molecule has 2 heterocycles. The summed E-state index contributed by atoms with van der Waals surface area (Å²) in [5.74, 6) is -0.0577. The van der Waals surface area contributed by atoms with Crippen LogP contribution in [0.3, 0.4) is 0 Å². The minimum atomic E-state index is -0.0577. The Morgan fingerprint density at radius 3 is 2.57 bits per heavy atom. The monoisotopic (exact) mass is 286 g/mol. The van der Waals surface area contributed by atoms with E-state index in [0.717, 1.165) is 31.5 Å². The summed E-state index contributed by atoms with van der Waals surface area (Å²) in [5.41, 5.74) is 1.73. The molecule has 2 bridgehead atoms. The minimum absolute atomic E-state index is 0.0577. The fraction of sp³-hybridized carbons (Fsp3) is 0.471. The topological polar surface area (TPSA) is 41.6 Å². The Hall–Kier alpha value is -1.65. The molecule has 0 spiro atoms. The van der Waals surface area contributed by atoms with Crippen LogP contribution in [-0.2, 0) is 16.1 Å². The lowest BCUT2D eigenvalue weighted by molar-refractivity contribution is -0.118. The highest BCUT2D eigenvalue weighted by Crippen LogP contribution is 2.26. The van der Waals surface area contributed by atoms with Crippen LogP contribution in [0.4, 0.5) is 0 Å². The van der Waals surface area contributed by atoms with Gasteiger partial charge in [0.25, 0.3) is 0 Å². The van der Waals surface area contributed by atoms with Crippen LogP contribution >= 0.6 is 0 Å². The van der Waals surface area contributed by atoms with E-state index >= 15 is 0 Å². The van der Waals surface area contributed by atoms with E-state index in [1.807, 2.05) is 30.3 Å². The van der Waals surface area contributed by atoms with Crippen LogP contribution in [0.2, 0.25) is 0 Å². The number of hydrogen-bond donors (Lipinski definition) is 1. The van der Waals surface area contributed by atoms with Gasteiger partial charge in [-0.1, -0.05) is 36.9 Å². The molecule has 1 aromatic rings. The third-order valence-electron chi connectivity index (χ3n) is 4.15. The Bertz CT molecular complexity index is 503. The number of fused-ring (bicyclic) bond motifs is 2. The summed E-state index contributed by atoms with van der Waals surface area (Å²) in [5, 5.41) is 2.93. The second-order valence-corrected chi connectivity index (χ2v) is 5.92. The van der Waals surface area contributed by atoms with Crippen molar-refractivity contribution < 1.29 is 9.53 Å². The van der Waals surface area contributed by atoms with E-state index in [2.05, 4.69) is 16.8 Å². The summed E-state index contributed by atoms with van der Waals surface area (Å²) >= 11 is 0. The van der Waals surface area contributed by atoms with Crippen molar-refractivity contribution in [1.29, 1.82) is 0 Å². The zero-order valence-electron chi connectivity index (χ0n) is 12.3. The molecule has 0 aromatic heterocycles. The van der Waals surface area contributed by atoms with E-state index in [1.165, 1.54) is 0 Å². The average Bonchev–Trinajstić information content (AvgIpc) is 2.84. The summed E-state index contributed by atoms with van der Waals surface area (Å²) in [6, 6.07) is 9.92. The van der Waals surface area contributed by atoms with Gasteiger partial charge in [0.05, 0.1) is 12.2 Å². The molecule has 4 heteroatoms. The molecule has 2 aliphatic rings. The molecule has 2 aliphatic heterocycles. The van der Waals surface area contributed by atoms with Crippen LogP contribution in [0.1, 0.15) is 18.4 Å². The van der Waals surface area contributed by atoms with Gasteiger partial charge in [-0.25, -0.2) is 0 Å². The molecule has 21 heavy (non-hydrogen) atoms. The second-order valence-electron chi connectivity index (χ2n) is 5.92. The van der Waals surface area contributed by atoms with Gasteiger partial charge in [0.2, 0.25) is 5.91 Å². The molecule has 1 aromatic carbocycles. The van der Waals surface area contributed by atoms with Gasteiger partial charge in [0.1, 0.15) is 0 Å². The number of hydrogen-bond acceptors (Lipinski definition) is 3. The predicted octanol–water partition coefficient (Wildman–Crippen LogP) is 1.72. The molecule has 1 amide bonds. The number of morpholine rings is 1. The van der Waals surface area contributed by atoms with Crippen LogP contribution in [0.5, 0.6) is 0 Å². The van der Waals surface area contributed by atoms with E-state index in [0.29, 0.717) is 30.9 Å². The van der Waals surface area contributed by atoms with Crippen molar-refractivity contribution in [1.82, 2.24) is 10.2 Å². The first kappa shape index (κ1) is 14.3. The first-order valence-electron chi connectivity index (χ1n) is 7.58. The van der Waals surface area contributed by atoms with Gasteiger partial charge >= 0.3 is 0 Å². The normalized spacial score (nSPS) is 24.8. The number of amides is 1. The van der Waals surface area contributed by atoms with Crippen molar-refractivity contribution in [2.75, 3.05) is 19.6 Å². The summed E-state index contributed by atoms with van der Waals surface area (Å²) in [6.07, 6.45) is 3.00. The Kier molecular flexibility index (Phi) is 4.36. The molecule has 112 valence electrons. The highest BCUT2D eigenvalue weighted by Gasteiger charge is 2.33. The molecule has 2 saturated heterocycles. The van der Waals surface area contributed by atoms with Crippen molar-refractivity contribution in [3.8, 4) is 0 Å². The quantitative estimate of drug-likeness (QED) is 0.838. The first-order chi connectivity index (χ1) is 10.2. The highest BCUT2D eigenvalue weighted by atomic mass is 16.5. The molecule has 4 nitrogen and oxygen atoms in total. The highest BCUT2D eigenvalue weighted by molar-refractivity contribution is 5.93. The SMILES string of the molecule is C=C(CN1CC2CCC(C1)O2)C(=O)NCc1ccccc1. The molecule has 0 radical (unpaired) electrons. The van der Waals surface area contributed by atoms with Crippen LogP contribution in [-0.4, -0.2) is 42.6 Å². The van der Waals surface area contributed by atoms with Gasteiger partial charge in [-0.05, 0) is 18.4 Å². The third kappa shape index (κ3) is 3.71. The Labute approximate surface area is 125 Å². The molecule has 2 atom stereocenters. The van der Waals surface area contributed by atoms with Gasteiger partial charge in [-0.3, -0.25) is 9.69 Å². The van der Waals surface area contributed by atoms with Crippen molar-refractivity contribution in [3.05, 3.63) is 48.0 Å². The van der Waals surface area contributed by atoms with Gasteiger partial charge in [-0.2, -0.15) is 0 Å². The minimum Gasteiger partial charge on any atom is -0.372 e. The van der Waals surface area contributed by atoms with E-state index in [-0.39, 0.29) is 5.91 Å². The molecule has 1 N–H and O–H groups in total. The molecule has 0 aliphatic carbocycles. The van der Waals surface area contributed by atoms with Crippen molar-refractivity contribution >= 4 is 5.91 Å². The number of likely N-dealkylation sites (tertiary alicyclic amines) is 1. The maximum atomic E-state index is 12.1. The number of benzene rings is 1. The van der Waals surface area contributed by atoms with Crippen LogP contribution < -0.4 is 5.32 Å². The number of nitrogens with one attached hydrogen (secondary N) is 1. The lowest BCUT2D eigenvalue weighted by Crippen LogP contribution is -2.44. The third-order valence-corrected chi connectivity index (χ3v) is 4.15.